The predicted molar refractivity (Wildman–Crippen MR) is 122 cm³/mol. The molecule has 4 aliphatic rings. The number of nitrogens with zero attached hydrogens (tertiary/aromatic N) is 4. The zero-order valence-electron chi connectivity index (χ0n) is 19.3. The molecular weight excluding hydrogens is 447 g/mol. The molecule has 2 fully saturated rings. The average Bonchev–Trinajstić information content (AvgIpc) is 3.44. The molecule has 0 N–H and O–H groups in total. The first kappa shape index (κ1) is 22.7. The molecule has 33 heavy (non-hydrogen) atoms. The Morgan fingerprint density at radius 3 is 2.70 bits per heavy atom. The number of amides is 1. The molecule has 0 unspecified atom stereocenters. The molecular formula is C23H31FN4O4S. The highest BCUT2D eigenvalue weighted by atomic mass is 32.2. The highest BCUT2D eigenvalue weighted by Gasteiger charge is 2.49. The van der Waals surface area contributed by atoms with E-state index in [4.69, 9.17) is 14.0 Å². The van der Waals surface area contributed by atoms with Crippen molar-refractivity contribution in [3.63, 3.8) is 0 Å². The normalized spacial score (nSPS) is 25.9. The summed E-state index contributed by atoms with van der Waals surface area (Å²) in [5.74, 6) is 2.25. The van der Waals surface area contributed by atoms with E-state index in [0.29, 0.717) is 57.9 Å². The number of ether oxygens (including phenoxy) is 1. The number of oxime groups is 1. The molecule has 0 aliphatic carbocycles. The Morgan fingerprint density at radius 2 is 2.03 bits per heavy atom. The Kier molecular flexibility index (Phi) is 6.15. The van der Waals surface area contributed by atoms with Crippen LogP contribution in [0.1, 0.15) is 50.1 Å². The van der Waals surface area contributed by atoms with Crippen molar-refractivity contribution in [3.05, 3.63) is 28.5 Å². The molecule has 2 saturated heterocycles. The molecule has 1 spiro atoms. The number of allylic oxidation sites excluding steroid dienone is 2. The van der Waals surface area contributed by atoms with Gasteiger partial charge in [-0.3, -0.25) is 9.69 Å². The van der Waals surface area contributed by atoms with Crippen molar-refractivity contribution in [2.45, 2.75) is 63.3 Å². The van der Waals surface area contributed by atoms with Gasteiger partial charge in [0, 0.05) is 83.9 Å². The highest BCUT2D eigenvalue weighted by Crippen LogP contribution is 2.46. The summed E-state index contributed by atoms with van der Waals surface area (Å²) >= 11 is 1.76. The Hall–Kier alpha value is -2.07. The summed E-state index contributed by atoms with van der Waals surface area (Å²) in [5, 5.41) is 4.26. The summed E-state index contributed by atoms with van der Waals surface area (Å²) in [4.78, 5) is 27.5. The van der Waals surface area contributed by atoms with Crippen LogP contribution in [0.25, 0.3) is 0 Å². The Bertz CT molecular complexity index is 961. The smallest absolute Gasteiger partial charge is 0.260 e. The summed E-state index contributed by atoms with van der Waals surface area (Å²) in [6.07, 6.45) is 4.98. The molecule has 180 valence electrons. The van der Waals surface area contributed by atoms with Crippen molar-refractivity contribution >= 4 is 23.4 Å². The molecule has 0 saturated carbocycles. The van der Waals surface area contributed by atoms with Crippen LogP contribution in [0.15, 0.2) is 26.5 Å². The quantitative estimate of drug-likeness (QED) is 0.614. The number of piperidine rings is 2. The average molecular weight is 479 g/mol. The van der Waals surface area contributed by atoms with Crippen LogP contribution < -0.4 is 0 Å². The third kappa shape index (κ3) is 4.51. The number of likely N-dealkylation sites (tertiary alicyclic amines) is 2. The van der Waals surface area contributed by atoms with Gasteiger partial charge in [-0.05, 0) is 0 Å². The number of thioether (sulfide) groups is 1. The Balaban J connectivity index is 1.17. The van der Waals surface area contributed by atoms with Crippen LogP contribution in [0.3, 0.4) is 0 Å². The zero-order valence-corrected chi connectivity index (χ0v) is 20.1. The van der Waals surface area contributed by atoms with Gasteiger partial charge in [0.25, 0.3) is 5.91 Å². The summed E-state index contributed by atoms with van der Waals surface area (Å²) in [5.41, 5.74) is -0.387. The van der Waals surface area contributed by atoms with Gasteiger partial charge in [-0.1, -0.05) is 5.16 Å². The molecule has 10 heteroatoms. The maximum atomic E-state index is 15.7. The van der Waals surface area contributed by atoms with E-state index in [9.17, 15) is 4.79 Å². The number of carbonyl (C=O) groups excluding carboxylic acids is 1. The lowest BCUT2D eigenvalue weighted by molar-refractivity contribution is -0.152. The first-order valence-corrected chi connectivity index (χ1v) is 12.7. The van der Waals surface area contributed by atoms with Crippen LogP contribution >= 0.6 is 11.8 Å². The fourth-order valence-corrected chi connectivity index (χ4v) is 6.39. The van der Waals surface area contributed by atoms with Crippen molar-refractivity contribution in [3.8, 4) is 0 Å². The van der Waals surface area contributed by atoms with Gasteiger partial charge < -0.3 is 18.9 Å². The number of oxazole rings is 1. The molecule has 0 bridgehead atoms. The molecule has 1 aromatic rings. The number of rotatable bonds is 4. The third-order valence-electron chi connectivity index (χ3n) is 7.17. The molecule has 1 amide bonds. The van der Waals surface area contributed by atoms with Crippen molar-refractivity contribution in [2.75, 3.05) is 39.0 Å². The molecule has 5 heterocycles. The summed E-state index contributed by atoms with van der Waals surface area (Å²) in [6, 6.07) is 0. The topological polar surface area (TPSA) is 80.4 Å². The van der Waals surface area contributed by atoms with Crippen molar-refractivity contribution < 1.29 is 23.2 Å². The maximum Gasteiger partial charge on any atom is 0.260 e. The lowest BCUT2D eigenvalue weighted by Crippen LogP contribution is -2.56. The number of carbonyl (C=O) groups is 1. The second kappa shape index (κ2) is 8.94. The minimum Gasteiger partial charge on any atom is -0.490 e. The molecule has 0 aromatic carbocycles. The molecule has 4 aliphatic heterocycles. The minimum atomic E-state index is -1.80. The first-order chi connectivity index (χ1) is 15.9. The number of halogens is 1. The third-order valence-corrected chi connectivity index (χ3v) is 8.33. The summed E-state index contributed by atoms with van der Waals surface area (Å²) in [7, 11) is 1.56. The predicted octanol–water partition coefficient (Wildman–Crippen LogP) is 3.42. The molecule has 0 radical (unpaired) electrons. The lowest BCUT2D eigenvalue weighted by atomic mass is 9.83. The minimum absolute atomic E-state index is 0.207. The molecule has 0 atom stereocenters. The Morgan fingerprint density at radius 1 is 1.27 bits per heavy atom. The van der Waals surface area contributed by atoms with Gasteiger partial charge in [0.2, 0.25) is 0 Å². The number of hydrogen-bond acceptors (Lipinski definition) is 8. The van der Waals surface area contributed by atoms with Gasteiger partial charge in [0.15, 0.2) is 11.6 Å². The van der Waals surface area contributed by atoms with E-state index >= 15 is 4.39 Å². The number of alkyl halides is 1. The van der Waals surface area contributed by atoms with E-state index in [1.165, 1.54) is 0 Å². The zero-order chi connectivity index (χ0) is 23.1. The van der Waals surface area contributed by atoms with E-state index in [1.807, 2.05) is 0 Å². The van der Waals surface area contributed by atoms with Crippen molar-refractivity contribution in [1.82, 2.24) is 14.8 Å². The standard InChI is InChI=1S/C23H31FN4O4S/c1-16-25-17(15-31-16)14-27-8-6-23(24,7-9-27)21(29)28-10-4-22(5-11-28)13-18(26-30-2)20-19(32-22)3-12-33-20/h15H,3-14H2,1-2H3. The second-order valence-corrected chi connectivity index (χ2v) is 10.5. The van der Waals surface area contributed by atoms with Crippen molar-refractivity contribution in [1.29, 1.82) is 0 Å². The maximum absolute atomic E-state index is 15.7. The van der Waals surface area contributed by atoms with E-state index in [0.717, 1.165) is 34.2 Å². The van der Waals surface area contributed by atoms with E-state index < -0.39 is 5.67 Å². The number of aryl methyl sites for hydroxylation is 1. The molecule has 8 nitrogen and oxygen atoms in total. The van der Waals surface area contributed by atoms with Crippen LogP contribution in [0, 0.1) is 6.92 Å². The Labute approximate surface area is 197 Å². The van der Waals surface area contributed by atoms with Gasteiger partial charge in [-0.2, -0.15) is 0 Å². The van der Waals surface area contributed by atoms with Crippen LogP contribution in [-0.4, -0.2) is 76.7 Å². The molecule has 1 aromatic heterocycles. The monoisotopic (exact) mass is 478 g/mol. The fourth-order valence-electron chi connectivity index (χ4n) is 5.32. The number of hydrogen-bond donors (Lipinski definition) is 0. The second-order valence-electron chi connectivity index (χ2n) is 9.42. The number of aromatic nitrogens is 1. The first-order valence-electron chi connectivity index (χ1n) is 11.7. The highest BCUT2D eigenvalue weighted by molar-refractivity contribution is 8.04. The van der Waals surface area contributed by atoms with Crippen LogP contribution in [0.4, 0.5) is 4.39 Å². The van der Waals surface area contributed by atoms with Gasteiger partial charge in [-0.15, -0.1) is 11.8 Å². The van der Waals surface area contributed by atoms with Gasteiger partial charge in [-0.25, -0.2) is 9.37 Å². The van der Waals surface area contributed by atoms with Gasteiger partial charge in [0.05, 0.1) is 10.6 Å². The fraction of sp³-hybridized carbons (Fsp3) is 0.696. The van der Waals surface area contributed by atoms with Gasteiger partial charge >= 0.3 is 0 Å². The summed E-state index contributed by atoms with van der Waals surface area (Å²) in [6.45, 7) is 4.48. The van der Waals surface area contributed by atoms with Crippen molar-refractivity contribution in [2.24, 2.45) is 5.16 Å². The summed E-state index contributed by atoms with van der Waals surface area (Å²) < 4.78 is 27.4. The largest absolute Gasteiger partial charge is 0.490 e. The van der Waals surface area contributed by atoms with E-state index in [-0.39, 0.29) is 24.3 Å². The molecule has 5 rings (SSSR count). The lowest BCUT2D eigenvalue weighted by Gasteiger charge is -2.46. The van der Waals surface area contributed by atoms with Crippen LogP contribution in [-0.2, 0) is 20.9 Å². The van der Waals surface area contributed by atoms with E-state index in [1.54, 1.807) is 37.0 Å². The van der Waals surface area contributed by atoms with Crippen LogP contribution in [0.2, 0.25) is 0 Å². The van der Waals surface area contributed by atoms with Gasteiger partial charge in [0.1, 0.15) is 30.4 Å². The van der Waals surface area contributed by atoms with Crippen LogP contribution in [0.5, 0.6) is 0 Å². The van der Waals surface area contributed by atoms with E-state index in [2.05, 4.69) is 15.0 Å². The SMILES string of the molecule is CON=C1CC2(CCN(C(=O)C3(F)CCN(Cc4coc(C)n4)CC3)CC2)OC2=C1SCC2.